The topological polar surface area (TPSA) is 59.0 Å². The Labute approximate surface area is 188 Å². The highest BCUT2D eigenvalue weighted by Gasteiger charge is 2.24. The van der Waals surface area contributed by atoms with Crippen LogP contribution in [0.5, 0.6) is 0 Å². The molecular weight excluding hydrogens is 404 g/mol. The first kappa shape index (κ1) is 21.5. The highest BCUT2D eigenvalue weighted by molar-refractivity contribution is 7.99. The summed E-state index contributed by atoms with van der Waals surface area (Å²) in [6.45, 7) is 2.82. The van der Waals surface area contributed by atoms with E-state index in [2.05, 4.69) is 17.1 Å². The van der Waals surface area contributed by atoms with E-state index in [-0.39, 0.29) is 5.91 Å². The molecule has 0 bridgehead atoms. The zero-order valence-electron chi connectivity index (χ0n) is 17.9. The number of thioether (sulfide) groups is 1. The number of hydrogen-bond donors (Lipinski definition) is 0. The predicted octanol–water partition coefficient (Wildman–Crippen LogP) is 5.48. The normalized spacial score (nSPS) is 14.4. The van der Waals surface area contributed by atoms with Crippen molar-refractivity contribution < 1.29 is 4.79 Å². The smallest absolute Gasteiger partial charge is 0.233 e. The maximum Gasteiger partial charge on any atom is 0.233 e. The lowest BCUT2D eigenvalue weighted by Gasteiger charge is -2.33. The number of nitrogens with zero attached hydrogens (tertiary/aromatic N) is 4. The summed E-state index contributed by atoms with van der Waals surface area (Å²) in [7, 11) is 0. The van der Waals surface area contributed by atoms with Gasteiger partial charge in [0.25, 0.3) is 0 Å². The van der Waals surface area contributed by atoms with Gasteiger partial charge in [-0.05, 0) is 19.8 Å². The van der Waals surface area contributed by atoms with Crippen LogP contribution in [0.3, 0.4) is 0 Å². The van der Waals surface area contributed by atoms with Crippen LogP contribution < -0.4 is 0 Å². The number of aromatic nitrogens is 3. The molecule has 3 aromatic rings. The van der Waals surface area contributed by atoms with Gasteiger partial charge in [-0.25, -0.2) is 4.98 Å². The molecular formula is C25H28N4OS. The van der Waals surface area contributed by atoms with Crippen LogP contribution in [0.15, 0.2) is 65.8 Å². The molecule has 0 radical (unpaired) electrons. The molecule has 0 unspecified atom stereocenters. The lowest BCUT2D eigenvalue weighted by Crippen LogP contribution is -2.42. The Balaban J connectivity index is 1.54. The van der Waals surface area contributed by atoms with Gasteiger partial charge in [-0.15, -0.1) is 10.2 Å². The molecule has 1 fully saturated rings. The van der Waals surface area contributed by atoms with Gasteiger partial charge in [0.05, 0.1) is 5.75 Å². The van der Waals surface area contributed by atoms with E-state index in [9.17, 15) is 4.79 Å². The fourth-order valence-corrected chi connectivity index (χ4v) is 4.87. The Kier molecular flexibility index (Phi) is 7.30. The first-order chi connectivity index (χ1) is 15.3. The minimum Gasteiger partial charge on any atom is -0.339 e. The number of carbonyl (C=O) groups excluding carboxylic acids is 1. The van der Waals surface area contributed by atoms with Crippen molar-refractivity contribution in [2.45, 2.75) is 50.2 Å². The third kappa shape index (κ3) is 5.31. The Morgan fingerprint density at radius 2 is 1.52 bits per heavy atom. The van der Waals surface area contributed by atoms with Gasteiger partial charge in [-0.1, -0.05) is 91.7 Å². The average molecular weight is 433 g/mol. The minimum atomic E-state index is 0.163. The number of amides is 1. The molecule has 1 aliphatic rings. The Hall–Kier alpha value is -2.73. The zero-order valence-corrected chi connectivity index (χ0v) is 18.7. The number of benzene rings is 2. The molecule has 0 saturated heterocycles. The van der Waals surface area contributed by atoms with Crippen molar-refractivity contribution in [2.75, 3.05) is 12.3 Å². The van der Waals surface area contributed by atoms with Gasteiger partial charge in [0.1, 0.15) is 11.4 Å². The quantitative estimate of drug-likeness (QED) is 0.463. The number of hydrogen-bond acceptors (Lipinski definition) is 5. The Morgan fingerprint density at radius 3 is 2.13 bits per heavy atom. The summed E-state index contributed by atoms with van der Waals surface area (Å²) < 4.78 is 0. The summed E-state index contributed by atoms with van der Waals surface area (Å²) in [6.07, 6.45) is 5.96. The van der Waals surface area contributed by atoms with Crippen LogP contribution in [0.2, 0.25) is 0 Å². The lowest BCUT2D eigenvalue weighted by atomic mass is 9.94. The van der Waals surface area contributed by atoms with Crippen LogP contribution in [-0.2, 0) is 4.79 Å². The molecule has 1 aliphatic carbocycles. The maximum atomic E-state index is 12.9. The molecule has 0 spiro atoms. The van der Waals surface area contributed by atoms with E-state index in [0.29, 0.717) is 17.0 Å². The molecule has 1 amide bonds. The molecule has 0 atom stereocenters. The summed E-state index contributed by atoms with van der Waals surface area (Å²) >= 11 is 1.37. The van der Waals surface area contributed by atoms with Crippen LogP contribution in [0.25, 0.3) is 22.5 Å². The number of carbonyl (C=O) groups is 1. The standard InChI is InChI=1S/C25H28N4OS/c1-2-29(21-16-10-5-11-17-21)22(30)18-31-25-26-23(19-12-6-3-7-13-19)24(27-28-25)20-14-8-4-9-15-20/h3-4,6-9,12-15,21H,2,5,10-11,16-18H2,1H3. The largest absolute Gasteiger partial charge is 0.339 e. The van der Waals surface area contributed by atoms with Crippen molar-refractivity contribution >= 4 is 17.7 Å². The third-order valence-corrected chi connectivity index (χ3v) is 6.59. The monoisotopic (exact) mass is 432 g/mol. The molecule has 1 aromatic heterocycles. The predicted molar refractivity (Wildman–Crippen MR) is 126 cm³/mol. The fourth-order valence-electron chi connectivity index (χ4n) is 4.20. The minimum absolute atomic E-state index is 0.163. The highest BCUT2D eigenvalue weighted by atomic mass is 32.2. The second-order valence-electron chi connectivity index (χ2n) is 7.78. The van der Waals surface area contributed by atoms with E-state index < -0.39 is 0 Å². The second-order valence-corrected chi connectivity index (χ2v) is 8.73. The summed E-state index contributed by atoms with van der Waals surface area (Å²) in [5.41, 5.74) is 3.50. The van der Waals surface area contributed by atoms with Gasteiger partial charge in [0.15, 0.2) is 0 Å². The van der Waals surface area contributed by atoms with Crippen LogP contribution >= 0.6 is 11.8 Å². The molecule has 0 N–H and O–H groups in total. The molecule has 4 rings (SSSR count). The Morgan fingerprint density at radius 1 is 0.903 bits per heavy atom. The van der Waals surface area contributed by atoms with Crippen molar-refractivity contribution in [1.29, 1.82) is 0 Å². The SMILES string of the molecule is CCN(C(=O)CSc1nnc(-c2ccccc2)c(-c2ccccc2)n1)C1CCCCC1. The molecule has 5 nitrogen and oxygen atoms in total. The van der Waals surface area contributed by atoms with Gasteiger partial charge >= 0.3 is 0 Å². The first-order valence-corrected chi connectivity index (χ1v) is 12.0. The van der Waals surface area contributed by atoms with E-state index in [1.165, 1.54) is 31.0 Å². The van der Waals surface area contributed by atoms with Crippen molar-refractivity contribution in [2.24, 2.45) is 0 Å². The summed E-state index contributed by atoms with van der Waals surface area (Å²) in [4.78, 5) is 19.8. The molecule has 6 heteroatoms. The molecule has 1 heterocycles. The van der Waals surface area contributed by atoms with Crippen molar-refractivity contribution in [3.05, 3.63) is 60.7 Å². The molecule has 0 aliphatic heterocycles. The van der Waals surface area contributed by atoms with Gasteiger partial charge in [0.2, 0.25) is 11.1 Å². The maximum absolute atomic E-state index is 12.9. The van der Waals surface area contributed by atoms with Crippen LogP contribution in [-0.4, -0.2) is 44.3 Å². The van der Waals surface area contributed by atoms with Gasteiger partial charge in [-0.3, -0.25) is 4.79 Å². The second kappa shape index (κ2) is 10.5. The van der Waals surface area contributed by atoms with Crippen molar-refractivity contribution in [3.63, 3.8) is 0 Å². The molecule has 2 aromatic carbocycles. The molecule has 160 valence electrons. The third-order valence-electron chi connectivity index (χ3n) is 5.76. The first-order valence-electron chi connectivity index (χ1n) is 11.0. The van der Waals surface area contributed by atoms with Crippen molar-refractivity contribution in [3.8, 4) is 22.5 Å². The fraction of sp³-hybridized carbons (Fsp3) is 0.360. The summed E-state index contributed by atoms with van der Waals surface area (Å²) in [5.74, 6) is 0.502. The van der Waals surface area contributed by atoms with Gasteiger partial charge in [0, 0.05) is 23.7 Å². The molecule has 31 heavy (non-hydrogen) atoms. The van der Waals surface area contributed by atoms with E-state index in [1.807, 2.05) is 65.6 Å². The van der Waals surface area contributed by atoms with E-state index in [1.54, 1.807) is 0 Å². The van der Waals surface area contributed by atoms with Crippen LogP contribution in [0.1, 0.15) is 39.0 Å². The summed E-state index contributed by atoms with van der Waals surface area (Å²) in [5, 5.41) is 9.38. The molecule has 1 saturated carbocycles. The van der Waals surface area contributed by atoms with E-state index in [0.717, 1.165) is 41.9 Å². The van der Waals surface area contributed by atoms with E-state index >= 15 is 0 Å². The van der Waals surface area contributed by atoms with E-state index in [4.69, 9.17) is 4.98 Å². The Bertz CT molecular complexity index is 991. The number of rotatable bonds is 7. The van der Waals surface area contributed by atoms with Crippen LogP contribution in [0.4, 0.5) is 0 Å². The average Bonchev–Trinajstić information content (AvgIpc) is 2.85. The van der Waals surface area contributed by atoms with Crippen LogP contribution in [0, 0.1) is 0 Å². The van der Waals surface area contributed by atoms with Gasteiger partial charge < -0.3 is 4.90 Å². The highest BCUT2D eigenvalue weighted by Crippen LogP contribution is 2.30. The zero-order chi connectivity index (χ0) is 21.5. The lowest BCUT2D eigenvalue weighted by molar-refractivity contribution is -0.131. The summed E-state index contributed by atoms with van der Waals surface area (Å²) in [6, 6.07) is 20.4. The van der Waals surface area contributed by atoms with Gasteiger partial charge in [-0.2, -0.15) is 0 Å². The van der Waals surface area contributed by atoms with Crippen molar-refractivity contribution in [1.82, 2.24) is 20.1 Å².